The monoisotopic (exact) mass is 577 g/mol. The molecule has 2 aromatic rings. The summed E-state index contributed by atoms with van der Waals surface area (Å²) in [6.45, 7) is 15.6. The average molecular weight is 578 g/mol. The van der Waals surface area contributed by atoms with Gasteiger partial charge in [-0.05, 0) is 71.7 Å². The molecule has 0 aliphatic carbocycles. The number of hydrogen-bond donors (Lipinski definition) is 3. The van der Waals surface area contributed by atoms with Crippen molar-refractivity contribution in [2.45, 2.75) is 71.8 Å². The van der Waals surface area contributed by atoms with Crippen molar-refractivity contribution < 1.29 is 13.2 Å². The summed E-state index contributed by atoms with van der Waals surface area (Å²) in [4.78, 5) is 15.2. The van der Waals surface area contributed by atoms with Gasteiger partial charge in [-0.3, -0.25) is 9.89 Å². The number of likely N-dealkylation sites (tertiary alicyclic amines) is 1. The van der Waals surface area contributed by atoms with Crippen molar-refractivity contribution in [1.29, 1.82) is 0 Å². The molecule has 1 aromatic carbocycles. The summed E-state index contributed by atoms with van der Waals surface area (Å²) < 4.78 is 31.5. The van der Waals surface area contributed by atoms with Gasteiger partial charge in [0.2, 0.25) is 5.95 Å². The summed E-state index contributed by atoms with van der Waals surface area (Å²) in [5.41, 5.74) is 9.21. The lowest BCUT2D eigenvalue weighted by Crippen LogP contribution is -2.48. The highest BCUT2D eigenvalue weighted by atomic mass is 35.5. The Morgan fingerprint density at radius 2 is 1.90 bits per heavy atom. The van der Waals surface area contributed by atoms with E-state index in [1.165, 1.54) is 25.0 Å². The van der Waals surface area contributed by atoms with Crippen molar-refractivity contribution >= 4 is 45.1 Å². The highest BCUT2D eigenvalue weighted by Gasteiger charge is 2.31. The molecule has 12 heteroatoms. The first-order valence-corrected chi connectivity index (χ1v) is 14.9. The van der Waals surface area contributed by atoms with Gasteiger partial charge >= 0.3 is 0 Å². The number of halogens is 1. The predicted molar refractivity (Wildman–Crippen MR) is 160 cm³/mol. The van der Waals surface area contributed by atoms with Crippen LogP contribution in [0.3, 0.4) is 0 Å². The molecule has 214 valence electrons. The van der Waals surface area contributed by atoms with Crippen LogP contribution in [0.2, 0.25) is 5.02 Å². The van der Waals surface area contributed by atoms with E-state index < -0.39 is 15.1 Å². The number of nitrogens with one attached hydrogen (secondary N) is 2. The molecular weight excluding hydrogens is 538 g/mol. The van der Waals surface area contributed by atoms with Crippen LogP contribution in [-0.2, 0) is 9.84 Å². The van der Waals surface area contributed by atoms with E-state index in [2.05, 4.69) is 57.3 Å². The van der Waals surface area contributed by atoms with Crippen molar-refractivity contribution in [2.24, 2.45) is 10.7 Å². The van der Waals surface area contributed by atoms with E-state index in [9.17, 15) is 8.42 Å². The molecule has 1 aliphatic heterocycles. The number of ether oxygens (including phenoxy) is 1. The van der Waals surface area contributed by atoms with E-state index in [4.69, 9.17) is 22.1 Å². The number of aryl methyl sites for hydroxylation is 1. The summed E-state index contributed by atoms with van der Waals surface area (Å²) in [5, 5.41) is 5.28. The van der Waals surface area contributed by atoms with E-state index in [0.717, 1.165) is 18.7 Å². The third-order valence-electron chi connectivity index (χ3n) is 6.51. The number of allylic oxidation sites excluding steroid dienone is 1. The minimum Gasteiger partial charge on any atom is -0.489 e. The highest BCUT2D eigenvalue weighted by Crippen LogP contribution is 2.38. The maximum absolute atomic E-state index is 12.7. The molecule has 1 aliphatic rings. The summed E-state index contributed by atoms with van der Waals surface area (Å²) in [5.74, 6) is 1.58. The Bertz CT molecular complexity index is 1350. The van der Waals surface area contributed by atoms with E-state index >= 15 is 0 Å². The van der Waals surface area contributed by atoms with Crippen LogP contribution in [0, 0.1) is 6.92 Å². The zero-order valence-electron chi connectivity index (χ0n) is 23.9. The van der Waals surface area contributed by atoms with E-state index in [-0.39, 0.29) is 33.6 Å². The Labute approximate surface area is 237 Å². The Hall–Kier alpha value is -2.89. The van der Waals surface area contributed by atoms with Gasteiger partial charge in [-0.15, -0.1) is 0 Å². The van der Waals surface area contributed by atoms with Crippen molar-refractivity contribution in [2.75, 3.05) is 30.8 Å². The number of nitrogens with zero attached hydrogens (tertiary/aromatic N) is 4. The second kappa shape index (κ2) is 12.5. The molecule has 2 heterocycles. The number of anilines is 3. The van der Waals surface area contributed by atoms with Gasteiger partial charge in [0.25, 0.3) is 0 Å². The van der Waals surface area contributed by atoms with Crippen molar-refractivity contribution in [3.8, 4) is 5.75 Å². The van der Waals surface area contributed by atoms with E-state index in [1.807, 2.05) is 19.9 Å². The smallest absolute Gasteiger partial charge is 0.229 e. The molecule has 3 rings (SSSR count). The number of aliphatic imine (C=N–C) groups is 1. The second-order valence-corrected chi connectivity index (χ2v) is 13.4. The van der Waals surface area contributed by atoms with Crippen molar-refractivity contribution in [1.82, 2.24) is 14.9 Å². The zero-order chi connectivity index (χ0) is 29.1. The number of rotatable bonds is 11. The molecule has 0 atom stereocenters. The van der Waals surface area contributed by atoms with Crippen molar-refractivity contribution in [3.05, 3.63) is 45.2 Å². The first kappa shape index (κ1) is 30.6. The highest BCUT2D eigenvalue weighted by molar-refractivity contribution is 7.95. The molecule has 0 spiro atoms. The zero-order valence-corrected chi connectivity index (χ0v) is 25.5. The van der Waals surface area contributed by atoms with Gasteiger partial charge < -0.3 is 21.1 Å². The van der Waals surface area contributed by atoms with E-state index in [1.54, 1.807) is 13.8 Å². The SMILES string of the molecule is CN=CC(Nc1nc(Nc2cc(C)c(C3CN(C(C)C)C3)cc2OC(C)C)ncc1Cl)=C(N)S(=O)(=O)C(C)C. The molecule has 1 aromatic heterocycles. The van der Waals surface area contributed by atoms with Crippen LogP contribution in [0.4, 0.5) is 17.5 Å². The quantitative estimate of drug-likeness (QED) is 0.320. The fourth-order valence-corrected chi connectivity index (χ4v) is 5.24. The maximum Gasteiger partial charge on any atom is 0.229 e. The molecular formula is C27H40ClN7O3S. The molecule has 1 saturated heterocycles. The lowest BCUT2D eigenvalue weighted by atomic mass is 9.87. The Morgan fingerprint density at radius 3 is 2.46 bits per heavy atom. The Morgan fingerprint density at radius 1 is 1.23 bits per heavy atom. The minimum atomic E-state index is -3.75. The summed E-state index contributed by atoms with van der Waals surface area (Å²) in [7, 11) is -2.24. The molecule has 10 nitrogen and oxygen atoms in total. The van der Waals surface area contributed by atoms with Gasteiger partial charge in [0.1, 0.15) is 10.8 Å². The van der Waals surface area contributed by atoms with E-state index in [0.29, 0.717) is 23.4 Å². The van der Waals surface area contributed by atoms with Crippen LogP contribution in [0.25, 0.3) is 0 Å². The van der Waals surface area contributed by atoms with Crippen LogP contribution >= 0.6 is 11.6 Å². The topological polar surface area (TPSA) is 135 Å². The van der Waals surface area contributed by atoms with Gasteiger partial charge in [-0.25, -0.2) is 13.4 Å². The molecule has 0 radical (unpaired) electrons. The fourth-order valence-electron chi connectivity index (χ4n) is 4.18. The van der Waals surface area contributed by atoms with Crippen LogP contribution < -0.4 is 21.1 Å². The largest absolute Gasteiger partial charge is 0.489 e. The normalized spacial score (nSPS) is 15.7. The van der Waals surface area contributed by atoms with Gasteiger partial charge in [0.15, 0.2) is 20.7 Å². The van der Waals surface area contributed by atoms with Crippen LogP contribution in [0.15, 0.2) is 34.0 Å². The molecule has 39 heavy (non-hydrogen) atoms. The Balaban J connectivity index is 1.95. The maximum atomic E-state index is 12.7. The Kier molecular flexibility index (Phi) is 9.84. The van der Waals surface area contributed by atoms with Crippen LogP contribution in [-0.4, -0.2) is 67.0 Å². The van der Waals surface area contributed by atoms with Gasteiger partial charge in [-0.1, -0.05) is 11.6 Å². The summed E-state index contributed by atoms with van der Waals surface area (Å²) in [6.07, 6.45) is 2.70. The number of sulfone groups is 1. The predicted octanol–water partition coefficient (Wildman–Crippen LogP) is 4.84. The van der Waals surface area contributed by atoms with Gasteiger partial charge in [0.05, 0.1) is 28.9 Å². The fraction of sp³-hybridized carbons (Fsp3) is 0.519. The van der Waals surface area contributed by atoms with Gasteiger partial charge in [-0.2, -0.15) is 4.98 Å². The van der Waals surface area contributed by atoms with Gasteiger partial charge in [0, 0.05) is 38.3 Å². The summed E-state index contributed by atoms with van der Waals surface area (Å²) >= 11 is 6.36. The third kappa shape index (κ3) is 7.20. The summed E-state index contributed by atoms with van der Waals surface area (Å²) in [6, 6.07) is 4.67. The number of benzene rings is 1. The number of nitrogens with two attached hydrogens (primary N) is 1. The lowest BCUT2D eigenvalue weighted by molar-refractivity contribution is 0.109. The number of aromatic nitrogens is 2. The van der Waals surface area contributed by atoms with Crippen LogP contribution in [0.5, 0.6) is 5.75 Å². The van der Waals surface area contributed by atoms with Crippen molar-refractivity contribution in [3.63, 3.8) is 0 Å². The molecule has 0 bridgehead atoms. The third-order valence-corrected chi connectivity index (χ3v) is 8.86. The number of hydrogen-bond acceptors (Lipinski definition) is 10. The molecule has 0 saturated carbocycles. The molecule has 0 amide bonds. The first-order valence-electron chi connectivity index (χ1n) is 13.0. The molecule has 0 unspecified atom stereocenters. The van der Waals surface area contributed by atoms with Crippen LogP contribution in [0.1, 0.15) is 58.6 Å². The molecule has 1 fully saturated rings. The standard InChI is InChI=1S/C27H40ClN7O3S/c1-15(2)35-13-19(14-35)20-10-24(38-16(3)4)22(9-18(20)7)33-27-31-11-21(28)26(34-27)32-23(12-30-8)25(29)39(36,37)17(5)6/h9-12,15-17,19H,13-14,29H2,1-8H3,(H2,31,32,33,34). The second-order valence-electron chi connectivity index (χ2n) is 10.5. The first-order chi connectivity index (χ1) is 18.2. The average Bonchev–Trinajstić information content (AvgIpc) is 2.81. The molecule has 4 N–H and O–H groups in total. The lowest BCUT2D eigenvalue weighted by Gasteiger charge is -2.43. The minimum absolute atomic E-state index is 0.0371.